The topological polar surface area (TPSA) is 42.0 Å². The van der Waals surface area contributed by atoms with E-state index in [0.717, 1.165) is 84.6 Å². The van der Waals surface area contributed by atoms with Crippen molar-refractivity contribution in [3.8, 4) is 0 Å². The van der Waals surface area contributed by atoms with Crippen molar-refractivity contribution in [2.24, 2.45) is 17.8 Å². The summed E-state index contributed by atoms with van der Waals surface area (Å²) in [7, 11) is 0. The fraction of sp³-hybridized carbons (Fsp3) is 0.955. The van der Waals surface area contributed by atoms with Gasteiger partial charge in [0.1, 0.15) is 0 Å². The van der Waals surface area contributed by atoms with E-state index < -0.39 is 0 Å². The monoisotopic (exact) mass is 382 g/mol. The van der Waals surface area contributed by atoms with Crippen molar-refractivity contribution in [2.45, 2.75) is 65.9 Å². The fourth-order valence-electron chi connectivity index (χ4n) is 4.10. The zero-order valence-corrected chi connectivity index (χ0v) is 18.1. The van der Waals surface area contributed by atoms with Gasteiger partial charge in [-0.1, -0.05) is 13.8 Å². The van der Waals surface area contributed by atoms with Crippen LogP contribution in [-0.4, -0.2) is 74.4 Å². The summed E-state index contributed by atoms with van der Waals surface area (Å²) < 4.78 is 11.4. The normalized spacial score (nSPS) is 24.7. The van der Waals surface area contributed by atoms with Crippen molar-refractivity contribution in [2.75, 3.05) is 52.5 Å². The minimum Gasteiger partial charge on any atom is -0.381 e. The molecule has 1 saturated carbocycles. The Balaban J connectivity index is 1.59. The second-order valence-electron chi connectivity index (χ2n) is 9.09. The third-order valence-corrected chi connectivity index (χ3v) is 5.75. The Morgan fingerprint density at radius 1 is 1.00 bits per heavy atom. The van der Waals surface area contributed by atoms with Crippen molar-refractivity contribution >= 4 is 5.91 Å². The molecule has 0 aromatic heterocycles. The number of hydrogen-bond acceptors (Lipinski definition) is 4. The first kappa shape index (κ1) is 22.6. The number of hydrogen-bond donors (Lipinski definition) is 0. The van der Waals surface area contributed by atoms with Gasteiger partial charge in [-0.15, -0.1) is 0 Å². The molecule has 0 aromatic rings. The van der Waals surface area contributed by atoms with E-state index in [4.69, 9.17) is 9.47 Å². The summed E-state index contributed by atoms with van der Waals surface area (Å²) in [6.07, 6.45) is 5.77. The molecule has 1 aliphatic heterocycles. The number of amides is 1. The largest absolute Gasteiger partial charge is 0.381 e. The minimum absolute atomic E-state index is 0.248. The molecule has 0 bridgehead atoms. The van der Waals surface area contributed by atoms with E-state index in [0.29, 0.717) is 23.8 Å². The highest BCUT2D eigenvalue weighted by atomic mass is 16.5. The molecule has 1 heterocycles. The van der Waals surface area contributed by atoms with Gasteiger partial charge >= 0.3 is 0 Å². The second-order valence-corrected chi connectivity index (χ2v) is 9.09. The summed E-state index contributed by atoms with van der Waals surface area (Å²) in [4.78, 5) is 17.4. The Bertz CT molecular complexity index is 412. The highest BCUT2D eigenvalue weighted by Crippen LogP contribution is 2.30. The van der Waals surface area contributed by atoms with Crippen LogP contribution in [0.3, 0.4) is 0 Å². The van der Waals surface area contributed by atoms with Crippen molar-refractivity contribution in [3.63, 3.8) is 0 Å². The Kier molecular flexibility index (Phi) is 10.1. The molecular weight excluding hydrogens is 340 g/mol. The predicted molar refractivity (Wildman–Crippen MR) is 110 cm³/mol. The first-order chi connectivity index (χ1) is 13.0. The van der Waals surface area contributed by atoms with Gasteiger partial charge in [0, 0.05) is 58.5 Å². The molecule has 1 aliphatic carbocycles. The van der Waals surface area contributed by atoms with Gasteiger partial charge < -0.3 is 14.4 Å². The summed E-state index contributed by atoms with van der Waals surface area (Å²) in [6.45, 7) is 16.0. The lowest BCUT2D eigenvalue weighted by molar-refractivity contribution is -0.138. The van der Waals surface area contributed by atoms with Gasteiger partial charge in [-0.2, -0.15) is 0 Å². The van der Waals surface area contributed by atoms with Crippen LogP contribution >= 0.6 is 0 Å². The number of carbonyl (C=O) groups excluding carboxylic acids is 1. The van der Waals surface area contributed by atoms with Gasteiger partial charge in [-0.05, 0) is 57.8 Å². The predicted octanol–water partition coefficient (Wildman–Crippen LogP) is 3.42. The summed E-state index contributed by atoms with van der Waals surface area (Å²) in [5, 5.41) is 0. The highest BCUT2D eigenvalue weighted by molar-refractivity contribution is 5.79. The lowest BCUT2D eigenvalue weighted by Gasteiger charge is -2.38. The summed E-state index contributed by atoms with van der Waals surface area (Å²) in [5.74, 6) is 1.90. The molecule has 1 amide bonds. The Labute approximate surface area is 166 Å². The molecule has 2 aliphatic rings. The molecule has 0 atom stereocenters. The molecule has 0 radical (unpaired) electrons. The molecule has 0 spiro atoms. The van der Waals surface area contributed by atoms with Crippen LogP contribution in [0.15, 0.2) is 0 Å². The SMILES string of the molecule is CC(C)COCC1CCC(C(=O)N2CCN(CCCOC(C)C)CC2)CC1. The van der Waals surface area contributed by atoms with Crippen molar-refractivity contribution in [1.82, 2.24) is 9.80 Å². The van der Waals surface area contributed by atoms with Gasteiger partial charge in [0.2, 0.25) is 5.91 Å². The molecule has 0 unspecified atom stereocenters. The quantitative estimate of drug-likeness (QED) is 0.543. The van der Waals surface area contributed by atoms with E-state index >= 15 is 0 Å². The maximum absolute atomic E-state index is 12.9. The lowest BCUT2D eigenvalue weighted by atomic mass is 9.81. The number of nitrogens with zero attached hydrogens (tertiary/aromatic N) is 2. The Hall–Kier alpha value is -0.650. The molecular formula is C22H42N2O3. The van der Waals surface area contributed by atoms with Crippen LogP contribution in [0, 0.1) is 17.8 Å². The van der Waals surface area contributed by atoms with E-state index in [1.54, 1.807) is 0 Å². The van der Waals surface area contributed by atoms with Gasteiger partial charge in [0.25, 0.3) is 0 Å². The van der Waals surface area contributed by atoms with Crippen LogP contribution in [0.5, 0.6) is 0 Å². The minimum atomic E-state index is 0.248. The van der Waals surface area contributed by atoms with Gasteiger partial charge in [-0.3, -0.25) is 9.69 Å². The average molecular weight is 383 g/mol. The van der Waals surface area contributed by atoms with E-state index in [-0.39, 0.29) is 5.92 Å². The standard InChI is InChI=1S/C22H42N2O3/c1-18(2)16-26-17-20-6-8-21(9-7-20)22(25)24-13-11-23(12-14-24)10-5-15-27-19(3)4/h18-21H,5-17H2,1-4H3. The van der Waals surface area contributed by atoms with Crippen LogP contribution < -0.4 is 0 Å². The van der Waals surface area contributed by atoms with Crippen LogP contribution in [0.4, 0.5) is 0 Å². The van der Waals surface area contributed by atoms with E-state index in [9.17, 15) is 4.79 Å². The molecule has 2 fully saturated rings. The van der Waals surface area contributed by atoms with E-state index in [2.05, 4.69) is 37.5 Å². The molecule has 27 heavy (non-hydrogen) atoms. The van der Waals surface area contributed by atoms with Crippen LogP contribution in [-0.2, 0) is 14.3 Å². The average Bonchev–Trinajstić information content (AvgIpc) is 2.65. The molecule has 5 heteroatoms. The van der Waals surface area contributed by atoms with E-state index in [1.807, 2.05) is 0 Å². The van der Waals surface area contributed by atoms with Crippen LogP contribution in [0.1, 0.15) is 59.8 Å². The Morgan fingerprint density at radius 2 is 1.67 bits per heavy atom. The highest BCUT2D eigenvalue weighted by Gasteiger charge is 2.31. The molecule has 0 aromatic carbocycles. The second kappa shape index (κ2) is 12.0. The summed E-state index contributed by atoms with van der Waals surface area (Å²) in [5.41, 5.74) is 0. The maximum Gasteiger partial charge on any atom is 0.225 e. The van der Waals surface area contributed by atoms with Crippen molar-refractivity contribution in [1.29, 1.82) is 0 Å². The van der Waals surface area contributed by atoms with Gasteiger partial charge in [-0.25, -0.2) is 0 Å². The molecule has 5 nitrogen and oxygen atoms in total. The molecule has 1 saturated heterocycles. The Morgan fingerprint density at radius 3 is 2.26 bits per heavy atom. The number of rotatable bonds is 10. The third kappa shape index (κ3) is 8.49. The lowest BCUT2D eigenvalue weighted by Crippen LogP contribution is -2.50. The fourth-order valence-corrected chi connectivity index (χ4v) is 4.10. The van der Waals surface area contributed by atoms with Crippen LogP contribution in [0.25, 0.3) is 0 Å². The number of piperazine rings is 1. The molecule has 0 N–H and O–H groups in total. The smallest absolute Gasteiger partial charge is 0.225 e. The van der Waals surface area contributed by atoms with Gasteiger partial charge in [0.15, 0.2) is 0 Å². The number of carbonyl (C=O) groups is 1. The van der Waals surface area contributed by atoms with Crippen molar-refractivity contribution in [3.05, 3.63) is 0 Å². The summed E-state index contributed by atoms with van der Waals surface area (Å²) in [6, 6.07) is 0. The van der Waals surface area contributed by atoms with Gasteiger partial charge in [0.05, 0.1) is 6.10 Å². The zero-order chi connectivity index (χ0) is 19.6. The molecule has 2 rings (SSSR count). The first-order valence-corrected chi connectivity index (χ1v) is 11.2. The van der Waals surface area contributed by atoms with Crippen LogP contribution in [0.2, 0.25) is 0 Å². The first-order valence-electron chi connectivity index (χ1n) is 11.2. The zero-order valence-electron chi connectivity index (χ0n) is 18.1. The third-order valence-electron chi connectivity index (χ3n) is 5.75. The van der Waals surface area contributed by atoms with E-state index in [1.165, 1.54) is 0 Å². The maximum atomic E-state index is 12.9. The molecule has 158 valence electrons. The summed E-state index contributed by atoms with van der Waals surface area (Å²) >= 11 is 0. The number of ether oxygens (including phenoxy) is 2. The van der Waals surface area contributed by atoms with Crippen molar-refractivity contribution < 1.29 is 14.3 Å².